The van der Waals surface area contributed by atoms with E-state index in [1.165, 1.54) is 6.92 Å². The third kappa shape index (κ3) is 8.73. The summed E-state index contributed by atoms with van der Waals surface area (Å²) in [6.07, 6.45) is -6.90. The Balaban J connectivity index is 1.76. The molecule has 0 bridgehead atoms. The van der Waals surface area contributed by atoms with E-state index in [9.17, 15) is 25.2 Å². The van der Waals surface area contributed by atoms with Crippen molar-refractivity contribution in [3.8, 4) is 0 Å². The van der Waals surface area contributed by atoms with E-state index in [1.807, 2.05) is 0 Å². The summed E-state index contributed by atoms with van der Waals surface area (Å²) in [6.45, 7) is 2.25. The van der Waals surface area contributed by atoms with E-state index in [0.29, 0.717) is 32.4 Å². The molecule has 41 heavy (non-hydrogen) atoms. The average Bonchev–Trinajstić information content (AvgIpc) is 2.93. The van der Waals surface area contributed by atoms with Gasteiger partial charge in [0.05, 0.1) is 30.8 Å². The molecule has 3 aliphatic rings. The molecule has 3 fully saturated rings. The van der Waals surface area contributed by atoms with E-state index in [0.717, 1.165) is 0 Å². The summed E-state index contributed by atoms with van der Waals surface area (Å²) in [4.78, 5) is 12.5. The SMILES string of the molecule is CN[C@@H]1C(O)[C@@H](OC2C(O)C(O[C@H]3O[C@H](CNCCCO)CCC3N)[C@@H](N)C[C@H]2NC(=O)[C@@H](O)CN)OCC1(C)O. The van der Waals surface area contributed by atoms with Crippen LogP contribution in [0.5, 0.6) is 0 Å². The first-order chi connectivity index (χ1) is 19.4. The van der Waals surface area contributed by atoms with Crippen LogP contribution in [0.2, 0.25) is 0 Å². The van der Waals surface area contributed by atoms with Crippen LogP contribution < -0.4 is 33.2 Å². The van der Waals surface area contributed by atoms with Crippen LogP contribution in [0.1, 0.15) is 32.6 Å². The topological polar surface area (TPSA) is 269 Å². The highest BCUT2D eigenvalue weighted by Gasteiger charge is 2.52. The Hall–Kier alpha value is -1.09. The molecule has 3 rings (SSSR count). The van der Waals surface area contributed by atoms with Crippen LogP contribution >= 0.6 is 0 Å². The molecule has 1 amide bonds. The monoisotopic (exact) mass is 594 g/mol. The average molecular weight is 595 g/mol. The van der Waals surface area contributed by atoms with Gasteiger partial charge in [-0.1, -0.05) is 0 Å². The summed E-state index contributed by atoms with van der Waals surface area (Å²) < 4.78 is 23.9. The predicted molar refractivity (Wildman–Crippen MR) is 145 cm³/mol. The smallest absolute Gasteiger partial charge is 0.250 e. The molecule has 0 spiro atoms. The third-order valence-electron chi connectivity index (χ3n) is 7.98. The molecule has 0 aromatic carbocycles. The quantitative estimate of drug-likeness (QED) is 0.0888. The second-order valence-corrected chi connectivity index (χ2v) is 11.4. The van der Waals surface area contributed by atoms with Crippen LogP contribution in [0.4, 0.5) is 0 Å². The first-order valence-corrected chi connectivity index (χ1v) is 14.3. The Morgan fingerprint density at radius 2 is 1.83 bits per heavy atom. The van der Waals surface area contributed by atoms with E-state index in [4.69, 9.17) is 41.3 Å². The molecule has 0 aromatic rings. The van der Waals surface area contributed by atoms with Gasteiger partial charge in [0.15, 0.2) is 12.6 Å². The number of likely N-dealkylation sites (N-methyl/N-ethyl adjacent to an activating group) is 1. The van der Waals surface area contributed by atoms with Crippen molar-refractivity contribution >= 4 is 5.91 Å². The van der Waals surface area contributed by atoms with Crippen molar-refractivity contribution in [2.45, 2.75) is 112 Å². The fourth-order valence-corrected chi connectivity index (χ4v) is 5.62. The van der Waals surface area contributed by atoms with E-state index >= 15 is 0 Å². The summed E-state index contributed by atoms with van der Waals surface area (Å²) in [7, 11) is 1.57. The van der Waals surface area contributed by atoms with Crippen molar-refractivity contribution in [2.24, 2.45) is 17.2 Å². The zero-order valence-corrected chi connectivity index (χ0v) is 23.8. The number of carbonyl (C=O) groups excluding carboxylic acids is 1. The third-order valence-corrected chi connectivity index (χ3v) is 7.98. The number of ether oxygens (including phenoxy) is 4. The zero-order chi connectivity index (χ0) is 30.3. The number of hydrogen-bond acceptors (Lipinski definition) is 15. The van der Waals surface area contributed by atoms with Gasteiger partial charge in [-0.05, 0) is 46.2 Å². The molecule has 1 aliphatic carbocycles. The maximum atomic E-state index is 12.5. The number of carbonyl (C=O) groups is 1. The maximum absolute atomic E-state index is 12.5. The molecular formula is C25H50N6O10. The molecule has 2 heterocycles. The van der Waals surface area contributed by atoms with E-state index in [2.05, 4.69) is 16.0 Å². The molecular weight excluding hydrogens is 544 g/mol. The molecule has 16 nitrogen and oxygen atoms in total. The molecule has 0 aromatic heterocycles. The molecule has 240 valence electrons. The Kier molecular flexibility index (Phi) is 13.1. The number of rotatable bonds is 13. The minimum absolute atomic E-state index is 0.0690. The summed E-state index contributed by atoms with van der Waals surface area (Å²) in [5.41, 5.74) is 16.7. The van der Waals surface area contributed by atoms with Gasteiger partial charge in [0, 0.05) is 25.7 Å². The van der Waals surface area contributed by atoms with Crippen molar-refractivity contribution < 1.29 is 49.3 Å². The Morgan fingerprint density at radius 1 is 1.12 bits per heavy atom. The molecule has 13 atom stereocenters. The first-order valence-electron chi connectivity index (χ1n) is 14.3. The van der Waals surface area contributed by atoms with Crippen molar-refractivity contribution in [1.29, 1.82) is 0 Å². The van der Waals surface area contributed by atoms with Gasteiger partial charge < -0.3 is 77.6 Å². The normalized spacial score (nSPS) is 42.5. The van der Waals surface area contributed by atoms with Gasteiger partial charge in [0.1, 0.15) is 36.1 Å². The van der Waals surface area contributed by atoms with Gasteiger partial charge >= 0.3 is 0 Å². The zero-order valence-electron chi connectivity index (χ0n) is 23.8. The fraction of sp³-hybridized carbons (Fsp3) is 0.960. The minimum atomic E-state index is -1.49. The largest absolute Gasteiger partial charge is 0.396 e. The number of aliphatic hydroxyl groups is 5. The van der Waals surface area contributed by atoms with Crippen LogP contribution in [0.15, 0.2) is 0 Å². The minimum Gasteiger partial charge on any atom is -0.396 e. The highest BCUT2D eigenvalue weighted by molar-refractivity contribution is 5.81. The highest BCUT2D eigenvalue weighted by atomic mass is 16.7. The fourth-order valence-electron chi connectivity index (χ4n) is 5.62. The molecule has 2 saturated heterocycles. The van der Waals surface area contributed by atoms with Crippen molar-refractivity contribution in [3.05, 3.63) is 0 Å². The highest BCUT2D eigenvalue weighted by Crippen LogP contribution is 2.32. The van der Waals surface area contributed by atoms with Gasteiger partial charge in [-0.15, -0.1) is 0 Å². The van der Waals surface area contributed by atoms with Crippen molar-refractivity contribution in [3.63, 3.8) is 0 Å². The second-order valence-electron chi connectivity index (χ2n) is 11.4. The second kappa shape index (κ2) is 15.6. The number of hydrogen-bond donors (Lipinski definition) is 11. The van der Waals surface area contributed by atoms with Crippen LogP contribution in [-0.2, 0) is 23.7 Å². The Morgan fingerprint density at radius 3 is 2.49 bits per heavy atom. The van der Waals surface area contributed by atoms with Crippen LogP contribution in [-0.4, -0.2) is 150 Å². The first kappa shape index (κ1) is 34.4. The van der Waals surface area contributed by atoms with Gasteiger partial charge in [0.2, 0.25) is 5.91 Å². The van der Waals surface area contributed by atoms with Crippen LogP contribution in [0, 0.1) is 0 Å². The lowest BCUT2D eigenvalue weighted by Crippen LogP contribution is -2.69. The maximum Gasteiger partial charge on any atom is 0.250 e. The lowest BCUT2D eigenvalue weighted by atomic mass is 9.83. The van der Waals surface area contributed by atoms with E-state index in [-0.39, 0.29) is 32.3 Å². The Labute approximate surface area is 240 Å². The van der Waals surface area contributed by atoms with Gasteiger partial charge in [-0.3, -0.25) is 4.79 Å². The summed E-state index contributed by atoms with van der Waals surface area (Å²) >= 11 is 0. The van der Waals surface area contributed by atoms with Crippen LogP contribution in [0.25, 0.3) is 0 Å². The van der Waals surface area contributed by atoms with Crippen molar-refractivity contribution in [2.75, 3.05) is 39.9 Å². The van der Waals surface area contributed by atoms with Crippen molar-refractivity contribution in [1.82, 2.24) is 16.0 Å². The van der Waals surface area contributed by atoms with E-state index in [1.54, 1.807) is 7.05 Å². The number of nitrogens with one attached hydrogen (secondary N) is 3. The number of amides is 1. The number of nitrogens with two attached hydrogens (primary N) is 3. The summed E-state index contributed by atoms with van der Waals surface area (Å²) in [5.74, 6) is -0.778. The summed E-state index contributed by atoms with van der Waals surface area (Å²) in [6, 6.07) is -3.02. The Bertz CT molecular complexity index is 815. The lowest BCUT2D eigenvalue weighted by Gasteiger charge is -2.49. The molecule has 0 radical (unpaired) electrons. The predicted octanol–water partition coefficient (Wildman–Crippen LogP) is -5.49. The molecule has 1 saturated carbocycles. The molecule has 2 aliphatic heterocycles. The lowest BCUT2D eigenvalue weighted by molar-refractivity contribution is -0.307. The molecule has 14 N–H and O–H groups in total. The van der Waals surface area contributed by atoms with Crippen LogP contribution in [0.3, 0.4) is 0 Å². The van der Waals surface area contributed by atoms with Gasteiger partial charge in [0.25, 0.3) is 0 Å². The standard InChI is InChI=1S/C25H50N6O10/c1-25(37)11-38-24(18(35)21(25)29-2)41-20-15(31-22(36)16(33)9-26)8-14(28)19(17(20)34)40-23-13(27)5-4-12(39-23)10-30-6-3-7-32/h12-21,23-24,29-30,32-35,37H,3-11,26-28H2,1-2H3,(H,31,36)/t12-,13?,14-,15+,16-,17?,18?,19?,20?,21+,23+,24+,25?/m0/s1. The van der Waals surface area contributed by atoms with Gasteiger partial charge in [-0.2, -0.15) is 0 Å². The number of aliphatic hydroxyl groups excluding tert-OH is 4. The molecule has 16 heteroatoms. The van der Waals surface area contributed by atoms with E-state index < -0.39 is 78.8 Å². The molecule has 6 unspecified atom stereocenters. The van der Waals surface area contributed by atoms with Gasteiger partial charge in [-0.25, -0.2) is 0 Å². The summed E-state index contributed by atoms with van der Waals surface area (Å²) in [5, 5.41) is 60.6.